The van der Waals surface area contributed by atoms with Crippen molar-refractivity contribution in [3.05, 3.63) is 47.3 Å². The van der Waals surface area contributed by atoms with Crippen molar-refractivity contribution in [3.8, 4) is 0 Å². The first kappa shape index (κ1) is 21.2. The van der Waals surface area contributed by atoms with Crippen LogP contribution in [0, 0.1) is 5.82 Å². The van der Waals surface area contributed by atoms with E-state index in [9.17, 15) is 9.18 Å². The van der Waals surface area contributed by atoms with Crippen LogP contribution in [0.2, 0.25) is 0 Å². The molecule has 1 heterocycles. The van der Waals surface area contributed by atoms with Gasteiger partial charge in [0.05, 0.1) is 0 Å². The van der Waals surface area contributed by atoms with E-state index in [-0.39, 0.29) is 11.9 Å². The minimum Gasteiger partial charge on any atom is -0.444 e. The van der Waals surface area contributed by atoms with Crippen molar-refractivity contribution in [2.75, 3.05) is 13.1 Å². The number of carbonyl (C=O) groups is 1. The molecule has 1 aliphatic heterocycles. The molecule has 0 bridgehead atoms. The number of benzene rings is 1. The summed E-state index contributed by atoms with van der Waals surface area (Å²) in [6.07, 6.45) is 5.63. The molecule has 0 unspecified atom stereocenters. The van der Waals surface area contributed by atoms with Crippen molar-refractivity contribution in [2.24, 2.45) is 0 Å². The Hall–Kier alpha value is -1.84. The SMILES string of the molecule is CC.CC(C)(C)OC(=O)N1CCC/C(=C\Cc2ccc(F)cc2)CC1. The molecule has 0 saturated carbocycles. The number of hydrogen-bond acceptors (Lipinski definition) is 2. The molecule has 140 valence electrons. The summed E-state index contributed by atoms with van der Waals surface area (Å²) in [6.45, 7) is 11.1. The monoisotopic (exact) mass is 349 g/mol. The van der Waals surface area contributed by atoms with Crippen molar-refractivity contribution in [1.29, 1.82) is 0 Å². The Bertz CT molecular complexity index is 558. The van der Waals surface area contributed by atoms with Crippen LogP contribution in [-0.4, -0.2) is 29.7 Å². The number of ether oxygens (including phenoxy) is 1. The molecule has 1 saturated heterocycles. The lowest BCUT2D eigenvalue weighted by Crippen LogP contribution is -2.37. The third-order valence-electron chi connectivity index (χ3n) is 3.82. The number of carbonyl (C=O) groups excluding carboxylic acids is 1. The van der Waals surface area contributed by atoms with Crippen molar-refractivity contribution < 1.29 is 13.9 Å². The summed E-state index contributed by atoms with van der Waals surface area (Å²) < 4.78 is 18.3. The number of nitrogens with zero attached hydrogens (tertiary/aromatic N) is 1. The van der Waals surface area contributed by atoms with Crippen LogP contribution in [0.1, 0.15) is 59.4 Å². The molecule has 2 rings (SSSR count). The van der Waals surface area contributed by atoms with Crippen LogP contribution in [-0.2, 0) is 11.2 Å². The van der Waals surface area contributed by atoms with E-state index in [2.05, 4.69) is 6.08 Å². The molecule has 0 N–H and O–H groups in total. The minimum atomic E-state index is -0.454. The lowest BCUT2D eigenvalue weighted by atomic mass is 10.0. The first-order valence-corrected chi connectivity index (χ1v) is 9.24. The van der Waals surface area contributed by atoms with Gasteiger partial charge >= 0.3 is 6.09 Å². The molecule has 0 aromatic heterocycles. The Morgan fingerprint density at radius 3 is 2.40 bits per heavy atom. The number of hydrogen-bond donors (Lipinski definition) is 0. The predicted molar refractivity (Wildman–Crippen MR) is 101 cm³/mol. The van der Waals surface area contributed by atoms with Crippen molar-refractivity contribution >= 4 is 6.09 Å². The van der Waals surface area contributed by atoms with E-state index in [1.54, 1.807) is 4.90 Å². The van der Waals surface area contributed by atoms with Crippen LogP contribution in [0.4, 0.5) is 9.18 Å². The normalized spacial score (nSPS) is 16.7. The van der Waals surface area contributed by atoms with Gasteiger partial charge in [0.2, 0.25) is 0 Å². The molecule has 0 atom stereocenters. The standard InChI is InChI=1S/C19H26FNO2.C2H6/c1-19(2,3)23-18(22)21-13-4-5-15(12-14-21)6-7-16-8-10-17(20)11-9-16;1-2/h6,8-11H,4-5,7,12-14H2,1-3H3;1-2H3/b15-6+;. The highest BCUT2D eigenvalue weighted by molar-refractivity contribution is 5.68. The summed E-state index contributed by atoms with van der Waals surface area (Å²) in [5.74, 6) is -0.205. The van der Waals surface area contributed by atoms with Crippen molar-refractivity contribution in [1.82, 2.24) is 4.90 Å². The van der Waals surface area contributed by atoms with Gasteiger partial charge in [0.15, 0.2) is 0 Å². The largest absolute Gasteiger partial charge is 0.444 e. The van der Waals surface area contributed by atoms with Gasteiger partial charge in [-0.1, -0.05) is 37.6 Å². The fourth-order valence-corrected chi connectivity index (χ4v) is 2.61. The van der Waals surface area contributed by atoms with E-state index in [4.69, 9.17) is 4.74 Å². The zero-order valence-corrected chi connectivity index (χ0v) is 16.3. The third-order valence-corrected chi connectivity index (χ3v) is 3.82. The zero-order chi connectivity index (χ0) is 18.9. The van der Waals surface area contributed by atoms with Crippen LogP contribution in [0.25, 0.3) is 0 Å². The Labute approximate surface area is 151 Å². The summed E-state index contributed by atoms with van der Waals surface area (Å²) >= 11 is 0. The summed E-state index contributed by atoms with van der Waals surface area (Å²) in [4.78, 5) is 13.9. The highest BCUT2D eigenvalue weighted by atomic mass is 19.1. The van der Waals surface area contributed by atoms with Gasteiger partial charge in [-0.15, -0.1) is 0 Å². The van der Waals surface area contributed by atoms with E-state index >= 15 is 0 Å². The predicted octanol–water partition coefficient (Wildman–Crippen LogP) is 5.74. The molecule has 3 nitrogen and oxygen atoms in total. The molecule has 1 aromatic carbocycles. The number of amides is 1. The molecule has 1 aliphatic rings. The van der Waals surface area contributed by atoms with Gasteiger partial charge in [0.1, 0.15) is 11.4 Å². The molecule has 1 amide bonds. The Morgan fingerprint density at radius 2 is 1.80 bits per heavy atom. The quantitative estimate of drug-likeness (QED) is 0.637. The highest BCUT2D eigenvalue weighted by Gasteiger charge is 2.23. The van der Waals surface area contributed by atoms with Gasteiger partial charge in [-0.25, -0.2) is 9.18 Å². The third kappa shape index (κ3) is 8.19. The average molecular weight is 349 g/mol. The second-order valence-corrected chi connectivity index (χ2v) is 7.01. The lowest BCUT2D eigenvalue weighted by molar-refractivity contribution is 0.0258. The van der Waals surface area contributed by atoms with Crippen molar-refractivity contribution in [2.45, 2.75) is 65.9 Å². The fourth-order valence-electron chi connectivity index (χ4n) is 2.61. The van der Waals surface area contributed by atoms with Crippen LogP contribution >= 0.6 is 0 Å². The number of halogens is 1. The maximum atomic E-state index is 12.9. The topological polar surface area (TPSA) is 29.5 Å². The number of rotatable bonds is 2. The summed E-state index contributed by atoms with van der Waals surface area (Å²) in [6, 6.07) is 6.61. The first-order valence-electron chi connectivity index (χ1n) is 9.24. The Kier molecular flexibility index (Phi) is 8.67. The molecule has 4 heteroatoms. The summed E-state index contributed by atoms with van der Waals surface area (Å²) in [5, 5.41) is 0. The smallest absolute Gasteiger partial charge is 0.410 e. The molecule has 25 heavy (non-hydrogen) atoms. The second-order valence-electron chi connectivity index (χ2n) is 7.01. The van der Waals surface area contributed by atoms with Gasteiger partial charge in [0, 0.05) is 13.1 Å². The fraction of sp³-hybridized carbons (Fsp3) is 0.571. The van der Waals surface area contributed by atoms with E-state index in [0.29, 0.717) is 6.54 Å². The van der Waals surface area contributed by atoms with Gasteiger partial charge in [-0.2, -0.15) is 0 Å². The number of likely N-dealkylation sites (tertiary alicyclic amines) is 1. The van der Waals surface area contributed by atoms with Gasteiger partial charge in [-0.05, 0) is 64.2 Å². The molecule has 1 fully saturated rings. The van der Waals surface area contributed by atoms with Gasteiger partial charge < -0.3 is 9.64 Å². The number of allylic oxidation sites excluding steroid dienone is 1. The molecule has 0 spiro atoms. The molecular formula is C21H32FNO2. The lowest BCUT2D eigenvalue weighted by Gasteiger charge is -2.26. The van der Waals surface area contributed by atoms with E-state index in [1.165, 1.54) is 17.7 Å². The maximum Gasteiger partial charge on any atom is 0.410 e. The molecular weight excluding hydrogens is 317 g/mol. The summed E-state index contributed by atoms with van der Waals surface area (Å²) in [5.41, 5.74) is 2.01. The average Bonchev–Trinajstić information content (AvgIpc) is 2.80. The Morgan fingerprint density at radius 1 is 1.16 bits per heavy atom. The molecule has 0 aliphatic carbocycles. The van der Waals surface area contributed by atoms with Crippen LogP contribution in [0.15, 0.2) is 35.9 Å². The highest BCUT2D eigenvalue weighted by Crippen LogP contribution is 2.19. The maximum absolute atomic E-state index is 12.9. The van der Waals surface area contributed by atoms with Crippen LogP contribution in [0.3, 0.4) is 0 Å². The Balaban J connectivity index is 0.00000151. The molecule has 1 aromatic rings. The summed E-state index contributed by atoms with van der Waals surface area (Å²) in [7, 11) is 0. The van der Waals surface area contributed by atoms with Crippen molar-refractivity contribution in [3.63, 3.8) is 0 Å². The van der Waals surface area contributed by atoms with Gasteiger partial charge in [-0.3, -0.25) is 0 Å². The zero-order valence-electron chi connectivity index (χ0n) is 16.3. The van der Waals surface area contributed by atoms with E-state index in [1.807, 2.05) is 46.8 Å². The van der Waals surface area contributed by atoms with Gasteiger partial charge in [0.25, 0.3) is 0 Å². The van der Waals surface area contributed by atoms with Crippen LogP contribution < -0.4 is 0 Å². The van der Waals surface area contributed by atoms with E-state index in [0.717, 1.165) is 37.8 Å². The molecule has 0 radical (unpaired) electrons. The van der Waals surface area contributed by atoms with E-state index < -0.39 is 5.60 Å². The minimum absolute atomic E-state index is 0.205. The first-order chi connectivity index (χ1) is 11.8. The van der Waals surface area contributed by atoms with Crippen LogP contribution in [0.5, 0.6) is 0 Å². The second kappa shape index (κ2) is 10.2.